The lowest BCUT2D eigenvalue weighted by Crippen LogP contribution is -2.46. The van der Waals surface area contributed by atoms with Gasteiger partial charge in [0.1, 0.15) is 0 Å². The highest BCUT2D eigenvalue weighted by atomic mass is 16.5. The normalized spacial score (nSPS) is 14.9. The number of carbonyl (C=O) groups is 1. The Morgan fingerprint density at radius 1 is 1.25 bits per heavy atom. The summed E-state index contributed by atoms with van der Waals surface area (Å²) in [5.41, 5.74) is 0. The molecular weight excluding hydrogens is 256 g/mol. The predicted molar refractivity (Wildman–Crippen MR) is 77.2 cm³/mol. The van der Waals surface area contributed by atoms with Crippen LogP contribution in [-0.2, 0) is 4.79 Å². The van der Waals surface area contributed by atoms with E-state index < -0.39 is 0 Å². The fourth-order valence-electron chi connectivity index (χ4n) is 2.22. The van der Waals surface area contributed by atoms with E-state index in [1.165, 1.54) is 0 Å². The Kier molecular flexibility index (Phi) is 5.68. The summed E-state index contributed by atoms with van der Waals surface area (Å²) in [4.78, 5) is 13.9. The molecule has 1 aromatic rings. The summed E-state index contributed by atoms with van der Waals surface area (Å²) in [6.45, 7) is 3.93. The molecule has 0 atom stereocenters. The van der Waals surface area contributed by atoms with Crippen molar-refractivity contribution >= 4 is 5.91 Å². The van der Waals surface area contributed by atoms with Crippen LogP contribution in [0.2, 0.25) is 0 Å². The van der Waals surface area contributed by atoms with Crippen molar-refractivity contribution in [3.05, 3.63) is 24.3 Å². The predicted octanol–water partition coefficient (Wildman–Crippen LogP) is 1.29. The lowest BCUT2D eigenvalue weighted by Gasteiger charge is -2.27. The fraction of sp³-hybridized carbons (Fsp3) is 0.533. The Bertz CT molecular complexity index is 431. The van der Waals surface area contributed by atoms with Gasteiger partial charge in [-0.2, -0.15) is 0 Å². The van der Waals surface area contributed by atoms with Crippen molar-refractivity contribution in [3.63, 3.8) is 0 Å². The quantitative estimate of drug-likeness (QED) is 0.797. The first kappa shape index (κ1) is 14.7. The summed E-state index contributed by atoms with van der Waals surface area (Å²) in [7, 11) is 1.62. The number of ether oxygens (including phenoxy) is 2. The second-order valence-corrected chi connectivity index (χ2v) is 4.73. The molecule has 0 aromatic heterocycles. The molecule has 20 heavy (non-hydrogen) atoms. The first-order chi connectivity index (χ1) is 9.81. The van der Waals surface area contributed by atoms with E-state index in [4.69, 9.17) is 9.47 Å². The third-order valence-corrected chi connectivity index (χ3v) is 3.33. The second-order valence-electron chi connectivity index (χ2n) is 4.73. The van der Waals surface area contributed by atoms with E-state index in [1.807, 2.05) is 29.2 Å². The molecule has 1 heterocycles. The Hall–Kier alpha value is -1.75. The minimum atomic E-state index is 0.218. The molecule has 110 valence electrons. The molecule has 1 aromatic carbocycles. The van der Waals surface area contributed by atoms with Crippen LogP contribution < -0.4 is 14.8 Å². The first-order valence-corrected chi connectivity index (χ1v) is 7.05. The molecule has 0 radical (unpaired) electrons. The number of piperazine rings is 1. The SMILES string of the molecule is COc1ccccc1OCCCC(=O)N1CCNCC1. The zero-order valence-electron chi connectivity index (χ0n) is 11.9. The summed E-state index contributed by atoms with van der Waals surface area (Å²) < 4.78 is 10.9. The van der Waals surface area contributed by atoms with Crippen molar-refractivity contribution in [3.8, 4) is 11.5 Å². The van der Waals surface area contributed by atoms with Gasteiger partial charge in [0.15, 0.2) is 11.5 Å². The van der Waals surface area contributed by atoms with E-state index in [2.05, 4.69) is 5.32 Å². The van der Waals surface area contributed by atoms with Gasteiger partial charge in [0, 0.05) is 32.6 Å². The smallest absolute Gasteiger partial charge is 0.222 e. The second kappa shape index (κ2) is 7.75. The molecular formula is C15H22N2O3. The minimum Gasteiger partial charge on any atom is -0.493 e. The number of amides is 1. The average molecular weight is 278 g/mol. The van der Waals surface area contributed by atoms with Gasteiger partial charge in [0.2, 0.25) is 5.91 Å². The van der Waals surface area contributed by atoms with Gasteiger partial charge in [0.05, 0.1) is 13.7 Å². The molecule has 0 spiro atoms. The van der Waals surface area contributed by atoms with Crippen LogP contribution in [0.25, 0.3) is 0 Å². The number of carbonyl (C=O) groups excluding carboxylic acids is 1. The first-order valence-electron chi connectivity index (χ1n) is 7.05. The van der Waals surface area contributed by atoms with Crippen molar-refractivity contribution in [1.82, 2.24) is 10.2 Å². The zero-order chi connectivity index (χ0) is 14.2. The maximum absolute atomic E-state index is 12.0. The molecule has 0 bridgehead atoms. The number of nitrogens with one attached hydrogen (secondary N) is 1. The molecule has 1 amide bonds. The number of rotatable bonds is 6. The largest absolute Gasteiger partial charge is 0.493 e. The van der Waals surface area contributed by atoms with Crippen molar-refractivity contribution in [2.45, 2.75) is 12.8 Å². The number of para-hydroxylation sites is 2. The fourth-order valence-corrected chi connectivity index (χ4v) is 2.22. The van der Waals surface area contributed by atoms with Crippen molar-refractivity contribution in [2.75, 3.05) is 39.9 Å². The Morgan fingerprint density at radius 3 is 2.65 bits per heavy atom. The van der Waals surface area contributed by atoms with Crippen LogP contribution in [0.5, 0.6) is 11.5 Å². The number of hydrogen-bond donors (Lipinski definition) is 1. The number of methoxy groups -OCH3 is 1. The Morgan fingerprint density at radius 2 is 1.95 bits per heavy atom. The minimum absolute atomic E-state index is 0.218. The Labute approximate surface area is 119 Å². The maximum Gasteiger partial charge on any atom is 0.222 e. The van der Waals surface area contributed by atoms with Gasteiger partial charge in [-0.15, -0.1) is 0 Å². The van der Waals surface area contributed by atoms with Gasteiger partial charge < -0.3 is 19.7 Å². The maximum atomic E-state index is 12.0. The van der Waals surface area contributed by atoms with Gasteiger partial charge >= 0.3 is 0 Å². The molecule has 5 nitrogen and oxygen atoms in total. The summed E-state index contributed by atoms with van der Waals surface area (Å²) in [6.07, 6.45) is 1.26. The highest BCUT2D eigenvalue weighted by molar-refractivity contribution is 5.76. The van der Waals surface area contributed by atoms with Crippen LogP contribution >= 0.6 is 0 Å². The standard InChI is InChI=1S/C15H22N2O3/c1-19-13-5-2-3-6-14(13)20-12-4-7-15(18)17-10-8-16-9-11-17/h2-3,5-6,16H,4,7-12H2,1H3. The highest BCUT2D eigenvalue weighted by Crippen LogP contribution is 2.25. The summed E-state index contributed by atoms with van der Waals surface area (Å²) >= 11 is 0. The molecule has 0 unspecified atom stereocenters. The van der Waals surface area contributed by atoms with Crippen LogP contribution in [0.15, 0.2) is 24.3 Å². The van der Waals surface area contributed by atoms with E-state index in [0.29, 0.717) is 13.0 Å². The van der Waals surface area contributed by atoms with E-state index in [9.17, 15) is 4.79 Å². The zero-order valence-corrected chi connectivity index (χ0v) is 11.9. The molecule has 1 aliphatic rings. The third kappa shape index (κ3) is 4.13. The van der Waals surface area contributed by atoms with Crippen molar-refractivity contribution in [1.29, 1.82) is 0 Å². The van der Waals surface area contributed by atoms with Gasteiger partial charge in [0.25, 0.3) is 0 Å². The van der Waals surface area contributed by atoms with Crippen molar-refractivity contribution in [2.24, 2.45) is 0 Å². The summed E-state index contributed by atoms with van der Waals surface area (Å²) in [6, 6.07) is 7.54. The third-order valence-electron chi connectivity index (χ3n) is 3.33. The van der Waals surface area contributed by atoms with E-state index in [0.717, 1.165) is 44.1 Å². The Balaban J connectivity index is 1.69. The van der Waals surface area contributed by atoms with Gasteiger partial charge in [-0.25, -0.2) is 0 Å². The topological polar surface area (TPSA) is 50.8 Å². The van der Waals surface area contributed by atoms with E-state index >= 15 is 0 Å². The number of nitrogens with zero attached hydrogens (tertiary/aromatic N) is 1. The van der Waals surface area contributed by atoms with Crippen LogP contribution in [-0.4, -0.2) is 50.7 Å². The lowest BCUT2D eigenvalue weighted by atomic mass is 10.2. The van der Waals surface area contributed by atoms with E-state index in [-0.39, 0.29) is 5.91 Å². The summed E-state index contributed by atoms with van der Waals surface area (Å²) in [5.74, 6) is 1.67. The van der Waals surface area contributed by atoms with E-state index in [1.54, 1.807) is 7.11 Å². The highest BCUT2D eigenvalue weighted by Gasteiger charge is 2.15. The van der Waals surface area contributed by atoms with Crippen LogP contribution in [0.3, 0.4) is 0 Å². The average Bonchev–Trinajstić information content (AvgIpc) is 2.52. The molecule has 5 heteroatoms. The molecule has 1 fully saturated rings. The number of benzene rings is 1. The van der Waals surface area contributed by atoms with Gasteiger partial charge in [-0.3, -0.25) is 4.79 Å². The van der Waals surface area contributed by atoms with Crippen LogP contribution in [0, 0.1) is 0 Å². The number of hydrogen-bond acceptors (Lipinski definition) is 4. The lowest BCUT2D eigenvalue weighted by molar-refractivity contribution is -0.132. The van der Waals surface area contributed by atoms with Gasteiger partial charge in [-0.1, -0.05) is 12.1 Å². The van der Waals surface area contributed by atoms with Crippen LogP contribution in [0.1, 0.15) is 12.8 Å². The monoisotopic (exact) mass is 278 g/mol. The molecule has 2 rings (SSSR count). The summed E-state index contributed by atoms with van der Waals surface area (Å²) in [5, 5.41) is 3.24. The van der Waals surface area contributed by atoms with Crippen molar-refractivity contribution < 1.29 is 14.3 Å². The molecule has 0 aliphatic carbocycles. The molecule has 0 saturated carbocycles. The molecule has 1 saturated heterocycles. The molecule has 1 N–H and O–H groups in total. The molecule has 1 aliphatic heterocycles. The van der Waals surface area contributed by atoms with Crippen LogP contribution in [0.4, 0.5) is 0 Å². The van der Waals surface area contributed by atoms with Gasteiger partial charge in [-0.05, 0) is 18.6 Å².